The Bertz CT molecular complexity index is 218. The van der Waals surface area contributed by atoms with Crippen molar-refractivity contribution in [2.75, 3.05) is 0 Å². The summed E-state index contributed by atoms with van der Waals surface area (Å²) in [7, 11) is 0. The van der Waals surface area contributed by atoms with Crippen molar-refractivity contribution in [3.05, 3.63) is 0 Å². The number of rotatable bonds is 5. The second kappa shape index (κ2) is 6.89. The van der Waals surface area contributed by atoms with Crippen LogP contribution in [0.4, 0.5) is 0 Å². The lowest BCUT2D eigenvalue weighted by molar-refractivity contribution is -0.122. The van der Waals surface area contributed by atoms with E-state index in [1.165, 1.54) is 12.8 Å². The average molecular weight is 226 g/mol. The Morgan fingerprint density at radius 1 is 1.50 bits per heavy atom. The van der Waals surface area contributed by atoms with Crippen LogP contribution in [0.2, 0.25) is 0 Å². The highest BCUT2D eigenvalue weighted by atomic mass is 16.1. The molecular weight excluding hydrogens is 200 g/mol. The van der Waals surface area contributed by atoms with Crippen molar-refractivity contribution in [1.29, 1.82) is 0 Å². The molecule has 16 heavy (non-hydrogen) atoms. The van der Waals surface area contributed by atoms with Gasteiger partial charge in [0, 0.05) is 18.5 Å². The summed E-state index contributed by atoms with van der Waals surface area (Å²) in [5.41, 5.74) is 5.92. The van der Waals surface area contributed by atoms with Gasteiger partial charge in [0.05, 0.1) is 0 Å². The molecule has 1 aliphatic carbocycles. The molecule has 3 unspecified atom stereocenters. The van der Waals surface area contributed by atoms with Gasteiger partial charge in [0.15, 0.2) is 0 Å². The molecule has 3 atom stereocenters. The molecule has 0 aromatic carbocycles. The van der Waals surface area contributed by atoms with E-state index in [9.17, 15) is 4.79 Å². The van der Waals surface area contributed by atoms with Crippen molar-refractivity contribution < 1.29 is 4.79 Å². The fourth-order valence-corrected chi connectivity index (χ4v) is 2.62. The molecule has 3 N–H and O–H groups in total. The Hall–Kier alpha value is -0.570. The SMILES string of the molecule is CCCC(C)NC(=O)CC1CCCC(N)C1. The normalized spacial score (nSPS) is 27.4. The minimum absolute atomic E-state index is 0.208. The molecule has 3 heteroatoms. The number of carbonyl (C=O) groups is 1. The van der Waals surface area contributed by atoms with Gasteiger partial charge in [-0.3, -0.25) is 4.79 Å². The molecule has 0 aliphatic heterocycles. The molecule has 3 nitrogen and oxygen atoms in total. The Kier molecular flexibility index (Phi) is 5.81. The van der Waals surface area contributed by atoms with Gasteiger partial charge in [0.25, 0.3) is 0 Å². The van der Waals surface area contributed by atoms with E-state index >= 15 is 0 Å². The molecule has 0 radical (unpaired) electrons. The van der Waals surface area contributed by atoms with Gasteiger partial charge in [-0.1, -0.05) is 19.8 Å². The first-order valence-electron chi connectivity index (χ1n) is 6.66. The Morgan fingerprint density at radius 3 is 2.88 bits per heavy atom. The summed E-state index contributed by atoms with van der Waals surface area (Å²) in [6.45, 7) is 4.22. The van der Waals surface area contributed by atoms with Gasteiger partial charge in [-0.2, -0.15) is 0 Å². The molecule has 1 amide bonds. The number of nitrogens with one attached hydrogen (secondary N) is 1. The van der Waals surface area contributed by atoms with E-state index in [0.29, 0.717) is 24.4 Å². The molecule has 0 heterocycles. The number of amides is 1. The highest BCUT2D eigenvalue weighted by Gasteiger charge is 2.21. The van der Waals surface area contributed by atoms with Crippen LogP contribution >= 0.6 is 0 Å². The highest BCUT2D eigenvalue weighted by Crippen LogP contribution is 2.25. The Morgan fingerprint density at radius 2 is 2.25 bits per heavy atom. The number of hydrogen-bond donors (Lipinski definition) is 2. The minimum atomic E-state index is 0.208. The van der Waals surface area contributed by atoms with Crippen LogP contribution in [0, 0.1) is 5.92 Å². The monoisotopic (exact) mass is 226 g/mol. The largest absolute Gasteiger partial charge is 0.354 e. The van der Waals surface area contributed by atoms with Crippen LogP contribution in [0.1, 0.15) is 58.8 Å². The quantitative estimate of drug-likeness (QED) is 0.755. The van der Waals surface area contributed by atoms with Gasteiger partial charge < -0.3 is 11.1 Å². The summed E-state index contributed by atoms with van der Waals surface area (Å²) >= 11 is 0. The smallest absolute Gasteiger partial charge is 0.220 e. The molecule has 1 saturated carbocycles. The number of hydrogen-bond acceptors (Lipinski definition) is 2. The van der Waals surface area contributed by atoms with Crippen molar-refractivity contribution >= 4 is 5.91 Å². The summed E-state index contributed by atoms with van der Waals surface area (Å²) in [5.74, 6) is 0.720. The lowest BCUT2D eigenvalue weighted by Gasteiger charge is -2.26. The predicted octanol–water partition coefficient (Wildman–Crippen LogP) is 2.20. The maximum absolute atomic E-state index is 11.8. The zero-order valence-electron chi connectivity index (χ0n) is 10.7. The van der Waals surface area contributed by atoms with Crippen LogP contribution in [-0.4, -0.2) is 18.0 Å². The maximum Gasteiger partial charge on any atom is 0.220 e. The molecule has 94 valence electrons. The van der Waals surface area contributed by atoms with Crippen LogP contribution in [-0.2, 0) is 4.79 Å². The number of nitrogens with two attached hydrogens (primary N) is 1. The third-order valence-electron chi connectivity index (χ3n) is 3.43. The minimum Gasteiger partial charge on any atom is -0.354 e. The first-order valence-corrected chi connectivity index (χ1v) is 6.66. The van der Waals surface area contributed by atoms with Crippen LogP contribution in [0.3, 0.4) is 0 Å². The van der Waals surface area contributed by atoms with Crippen molar-refractivity contribution in [3.63, 3.8) is 0 Å². The topological polar surface area (TPSA) is 55.1 Å². The average Bonchev–Trinajstić information content (AvgIpc) is 2.17. The molecule has 1 fully saturated rings. The van der Waals surface area contributed by atoms with Crippen molar-refractivity contribution in [2.45, 2.75) is 70.9 Å². The summed E-state index contributed by atoms with van der Waals surface area (Å²) in [6.07, 6.45) is 7.36. The molecule has 1 aliphatic rings. The van der Waals surface area contributed by atoms with E-state index < -0.39 is 0 Å². The van der Waals surface area contributed by atoms with Gasteiger partial charge in [0.1, 0.15) is 0 Å². The van der Waals surface area contributed by atoms with E-state index in [0.717, 1.165) is 25.7 Å². The fourth-order valence-electron chi connectivity index (χ4n) is 2.62. The summed E-state index contributed by atoms with van der Waals surface area (Å²) in [4.78, 5) is 11.8. The molecule has 0 aromatic rings. The maximum atomic E-state index is 11.8. The van der Waals surface area contributed by atoms with Crippen LogP contribution < -0.4 is 11.1 Å². The molecule has 0 aromatic heterocycles. The van der Waals surface area contributed by atoms with Gasteiger partial charge in [-0.15, -0.1) is 0 Å². The van der Waals surface area contributed by atoms with E-state index in [2.05, 4.69) is 19.2 Å². The van der Waals surface area contributed by atoms with Gasteiger partial charge in [0.2, 0.25) is 5.91 Å². The van der Waals surface area contributed by atoms with E-state index in [1.54, 1.807) is 0 Å². The highest BCUT2D eigenvalue weighted by molar-refractivity contribution is 5.76. The lowest BCUT2D eigenvalue weighted by atomic mass is 9.84. The van der Waals surface area contributed by atoms with Crippen LogP contribution in [0.25, 0.3) is 0 Å². The second-order valence-electron chi connectivity index (χ2n) is 5.25. The summed E-state index contributed by atoms with van der Waals surface area (Å²) in [5, 5.41) is 3.06. The molecule has 0 spiro atoms. The van der Waals surface area contributed by atoms with Gasteiger partial charge in [-0.05, 0) is 38.5 Å². The first-order chi connectivity index (χ1) is 7.61. The van der Waals surface area contributed by atoms with Gasteiger partial charge in [-0.25, -0.2) is 0 Å². The van der Waals surface area contributed by atoms with Crippen molar-refractivity contribution in [1.82, 2.24) is 5.32 Å². The van der Waals surface area contributed by atoms with Crippen molar-refractivity contribution in [2.24, 2.45) is 11.7 Å². The Labute approximate surface area is 99.2 Å². The van der Waals surface area contributed by atoms with Gasteiger partial charge >= 0.3 is 0 Å². The molecule has 0 saturated heterocycles. The number of carbonyl (C=O) groups excluding carboxylic acids is 1. The van der Waals surface area contributed by atoms with E-state index in [-0.39, 0.29) is 5.91 Å². The van der Waals surface area contributed by atoms with E-state index in [1.807, 2.05) is 0 Å². The molecule has 1 rings (SSSR count). The van der Waals surface area contributed by atoms with E-state index in [4.69, 9.17) is 5.73 Å². The lowest BCUT2D eigenvalue weighted by Crippen LogP contribution is -2.35. The van der Waals surface area contributed by atoms with Crippen LogP contribution in [0.15, 0.2) is 0 Å². The van der Waals surface area contributed by atoms with Crippen molar-refractivity contribution in [3.8, 4) is 0 Å². The molecule has 0 bridgehead atoms. The zero-order chi connectivity index (χ0) is 12.0. The third kappa shape index (κ3) is 4.97. The standard InChI is InChI=1S/C13H26N2O/c1-3-5-10(2)15-13(16)9-11-6-4-7-12(14)8-11/h10-12H,3-9,14H2,1-2H3,(H,15,16). The zero-order valence-corrected chi connectivity index (χ0v) is 10.7. The second-order valence-corrected chi connectivity index (χ2v) is 5.25. The predicted molar refractivity (Wildman–Crippen MR) is 67.1 cm³/mol. The third-order valence-corrected chi connectivity index (χ3v) is 3.43. The first kappa shape index (κ1) is 13.5. The summed E-state index contributed by atoms with van der Waals surface area (Å²) in [6, 6.07) is 0.634. The van der Waals surface area contributed by atoms with Crippen LogP contribution in [0.5, 0.6) is 0 Å². The fraction of sp³-hybridized carbons (Fsp3) is 0.923. The molecular formula is C13H26N2O. The Balaban J connectivity index is 2.22. The summed E-state index contributed by atoms with van der Waals surface area (Å²) < 4.78 is 0.